The predicted molar refractivity (Wildman–Crippen MR) is 89.7 cm³/mol. The molecule has 0 aliphatic carbocycles. The lowest BCUT2D eigenvalue weighted by Gasteiger charge is -2.31. The summed E-state index contributed by atoms with van der Waals surface area (Å²) in [5.41, 5.74) is 3.13. The van der Waals surface area contributed by atoms with Crippen LogP contribution in [-0.4, -0.2) is 46.5 Å². The molecule has 3 heterocycles. The van der Waals surface area contributed by atoms with Gasteiger partial charge in [0, 0.05) is 37.4 Å². The van der Waals surface area contributed by atoms with Gasteiger partial charge in [-0.1, -0.05) is 0 Å². The highest BCUT2D eigenvalue weighted by Gasteiger charge is 2.24. The van der Waals surface area contributed by atoms with E-state index < -0.39 is 0 Å². The Labute approximate surface area is 144 Å². The average Bonchev–Trinajstić information content (AvgIpc) is 3.31. The number of ether oxygens (including phenoxy) is 1. The number of H-pyrrole nitrogens is 1. The van der Waals surface area contributed by atoms with Gasteiger partial charge in [0.25, 0.3) is 5.91 Å². The molecule has 7 nitrogen and oxygen atoms in total. The third-order valence-electron chi connectivity index (χ3n) is 4.11. The van der Waals surface area contributed by atoms with E-state index in [9.17, 15) is 9.59 Å². The summed E-state index contributed by atoms with van der Waals surface area (Å²) in [5, 5.41) is 4.81. The van der Waals surface area contributed by atoms with Gasteiger partial charge in [-0.25, -0.2) is 9.78 Å². The van der Waals surface area contributed by atoms with Gasteiger partial charge in [-0.15, -0.1) is 11.3 Å². The molecule has 2 aromatic rings. The molecule has 0 spiro atoms. The zero-order valence-electron chi connectivity index (χ0n) is 13.2. The standard InChI is InChI=1S/C16H20N4O3S/c21-15(13-1-4-17-8-13)18-7-12-2-5-20(6-3-12)16(22)23-9-14-10-24-11-19-14/h1,4,8,10-12,17H,2-3,5-7,9H2,(H,18,21). The van der Waals surface area contributed by atoms with Crippen LogP contribution in [0.15, 0.2) is 29.4 Å². The Morgan fingerprint density at radius 3 is 2.92 bits per heavy atom. The lowest BCUT2D eigenvalue weighted by molar-refractivity contribution is 0.0794. The SMILES string of the molecule is O=C(NCC1CCN(C(=O)OCc2cscn2)CC1)c1cc[nH]c1. The van der Waals surface area contributed by atoms with E-state index in [1.54, 1.807) is 28.9 Å². The van der Waals surface area contributed by atoms with Crippen LogP contribution in [0, 0.1) is 5.92 Å². The molecule has 8 heteroatoms. The lowest BCUT2D eigenvalue weighted by Crippen LogP contribution is -2.41. The number of carbonyl (C=O) groups excluding carboxylic acids is 2. The number of amides is 2. The lowest BCUT2D eigenvalue weighted by atomic mass is 9.97. The van der Waals surface area contributed by atoms with Crippen LogP contribution in [0.4, 0.5) is 4.79 Å². The Morgan fingerprint density at radius 2 is 2.25 bits per heavy atom. The molecule has 24 heavy (non-hydrogen) atoms. The summed E-state index contributed by atoms with van der Waals surface area (Å²) < 4.78 is 5.27. The van der Waals surface area contributed by atoms with Crippen molar-refractivity contribution in [2.24, 2.45) is 5.92 Å². The Morgan fingerprint density at radius 1 is 1.42 bits per heavy atom. The number of hydrogen-bond donors (Lipinski definition) is 2. The Bertz CT molecular complexity index is 649. The summed E-state index contributed by atoms with van der Waals surface area (Å²) in [6.07, 6.45) is 4.83. The first-order chi connectivity index (χ1) is 11.7. The van der Waals surface area contributed by atoms with Gasteiger partial charge in [-0.2, -0.15) is 0 Å². The smallest absolute Gasteiger partial charge is 0.410 e. The number of nitrogens with zero attached hydrogens (tertiary/aromatic N) is 2. The highest BCUT2D eigenvalue weighted by atomic mass is 32.1. The molecule has 3 rings (SSSR count). The summed E-state index contributed by atoms with van der Waals surface area (Å²) in [6, 6.07) is 1.75. The van der Waals surface area contributed by atoms with Gasteiger partial charge in [0.15, 0.2) is 0 Å². The fourth-order valence-electron chi connectivity index (χ4n) is 2.66. The molecular formula is C16H20N4O3S. The fraction of sp³-hybridized carbons (Fsp3) is 0.438. The van der Waals surface area contributed by atoms with Crippen molar-refractivity contribution in [3.8, 4) is 0 Å². The highest BCUT2D eigenvalue weighted by molar-refractivity contribution is 7.07. The molecule has 1 saturated heterocycles. The first kappa shape index (κ1) is 16.5. The van der Waals surface area contributed by atoms with Crippen LogP contribution >= 0.6 is 11.3 Å². The van der Waals surface area contributed by atoms with E-state index in [-0.39, 0.29) is 18.6 Å². The van der Waals surface area contributed by atoms with Crippen LogP contribution < -0.4 is 5.32 Å². The minimum Gasteiger partial charge on any atom is -0.443 e. The van der Waals surface area contributed by atoms with Crippen molar-refractivity contribution in [3.05, 3.63) is 40.6 Å². The van der Waals surface area contributed by atoms with Crippen LogP contribution in [0.25, 0.3) is 0 Å². The average molecular weight is 348 g/mol. The molecule has 1 fully saturated rings. The Hall–Kier alpha value is -2.35. The molecule has 0 radical (unpaired) electrons. The summed E-state index contributed by atoms with van der Waals surface area (Å²) in [6.45, 7) is 2.15. The third-order valence-corrected chi connectivity index (χ3v) is 4.75. The van der Waals surface area contributed by atoms with Crippen LogP contribution in [-0.2, 0) is 11.3 Å². The highest BCUT2D eigenvalue weighted by Crippen LogP contribution is 2.17. The van der Waals surface area contributed by atoms with E-state index >= 15 is 0 Å². The maximum atomic E-state index is 12.0. The minimum atomic E-state index is -0.294. The number of nitrogens with one attached hydrogen (secondary N) is 2. The fourth-order valence-corrected chi connectivity index (χ4v) is 3.20. The van der Waals surface area contributed by atoms with Crippen molar-refractivity contribution in [2.75, 3.05) is 19.6 Å². The summed E-state index contributed by atoms with van der Waals surface area (Å²) >= 11 is 1.48. The van der Waals surface area contributed by atoms with Gasteiger partial charge < -0.3 is 19.9 Å². The van der Waals surface area contributed by atoms with Crippen molar-refractivity contribution >= 4 is 23.3 Å². The predicted octanol–water partition coefficient (Wildman–Crippen LogP) is 2.25. The maximum absolute atomic E-state index is 12.0. The molecule has 2 amide bonds. The number of rotatable bonds is 5. The largest absolute Gasteiger partial charge is 0.443 e. The van der Waals surface area contributed by atoms with Crippen molar-refractivity contribution in [2.45, 2.75) is 19.4 Å². The number of thiazole rings is 1. The quantitative estimate of drug-likeness (QED) is 0.867. The summed E-state index contributed by atoms with van der Waals surface area (Å²) in [5.74, 6) is 0.317. The van der Waals surface area contributed by atoms with Crippen molar-refractivity contribution in [1.29, 1.82) is 0 Å². The summed E-state index contributed by atoms with van der Waals surface area (Å²) in [7, 11) is 0. The van der Waals surface area contributed by atoms with E-state index in [2.05, 4.69) is 15.3 Å². The van der Waals surface area contributed by atoms with Gasteiger partial charge in [0.2, 0.25) is 0 Å². The normalized spacial score (nSPS) is 15.2. The van der Waals surface area contributed by atoms with E-state index in [4.69, 9.17) is 4.74 Å². The first-order valence-electron chi connectivity index (χ1n) is 7.92. The monoisotopic (exact) mass is 348 g/mol. The number of aromatic nitrogens is 2. The molecule has 0 saturated carbocycles. The molecule has 2 aromatic heterocycles. The van der Waals surface area contributed by atoms with Gasteiger partial charge in [0.05, 0.1) is 16.8 Å². The van der Waals surface area contributed by atoms with Crippen LogP contribution in [0.3, 0.4) is 0 Å². The Kier molecular flexibility index (Phi) is 5.47. The summed E-state index contributed by atoms with van der Waals surface area (Å²) in [4.78, 5) is 32.6. The molecule has 128 valence electrons. The van der Waals surface area contributed by atoms with Crippen LogP contribution in [0.2, 0.25) is 0 Å². The molecule has 0 atom stereocenters. The second-order valence-corrected chi connectivity index (χ2v) is 6.49. The number of likely N-dealkylation sites (tertiary alicyclic amines) is 1. The van der Waals surface area contributed by atoms with E-state index in [0.29, 0.717) is 31.1 Å². The number of hydrogen-bond acceptors (Lipinski definition) is 5. The first-order valence-corrected chi connectivity index (χ1v) is 8.86. The molecule has 0 unspecified atom stereocenters. The van der Waals surface area contributed by atoms with Gasteiger partial charge in [0.1, 0.15) is 6.61 Å². The zero-order chi connectivity index (χ0) is 16.8. The van der Waals surface area contributed by atoms with Crippen molar-refractivity contribution in [1.82, 2.24) is 20.2 Å². The molecule has 0 aromatic carbocycles. The Balaban J connectivity index is 1.36. The van der Waals surface area contributed by atoms with Crippen molar-refractivity contribution in [3.63, 3.8) is 0 Å². The number of piperidine rings is 1. The number of aromatic amines is 1. The van der Waals surface area contributed by atoms with E-state index in [1.807, 2.05) is 5.38 Å². The maximum Gasteiger partial charge on any atom is 0.410 e. The molecule has 2 N–H and O–H groups in total. The van der Waals surface area contributed by atoms with E-state index in [1.165, 1.54) is 11.3 Å². The van der Waals surface area contributed by atoms with E-state index in [0.717, 1.165) is 18.5 Å². The molecule has 1 aliphatic rings. The van der Waals surface area contributed by atoms with Gasteiger partial charge >= 0.3 is 6.09 Å². The minimum absolute atomic E-state index is 0.0682. The molecular weight excluding hydrogens is 328 g/mol. The van der Waals surface area contributed by atoms with Crippen LogP contribution in [0.5, 0.6) is 0 Å². The van der Waals surface area contributed by atoms with Crippen LogP contribution in [0.1, 0.15) is 28.9 Å². The van der Waals surface area contributed by atoms with Gasteiger partial charge in [-0.3, -0.25) is 4.79 Å². The third kappa shape index (κ3) is 4.35. The zero-order valence-corrected chi connectivity index (χ0v) is 14.1. The second kappa shape index (κ2) is 7.96. The van der Waals surface area contributed by atoms with Gasteiger partial charge in [-0.05, 0) is 24.8 Å². The molecule has 1 aliphatic heterocycles. The number of carbonyl (C=O) groups is 2. The topological polar surface area (TPSA) is 87.3 Å². The van der Waals surface area contributed by atoms with Crippen molar-refractivity contribution < 1.29 is 14.3 Å². The molecule has 0 bridgehead atoms. The second-order valence-electron chi connectivity index (χ2n) is 5.77.